The van der Waals surface area contributed by atoms with Gasteiger partial charge in [0.05, 0.1) is 5.60 Å². The molecule has 0 heterocycles. The van der Waals surface area contributed by atoms with E-state index in [1.165, 1.54) is 24.0 Å². The minimum atomic E-state index is -0.458. The normalized spacial score (nSPS) is 28.6. The third kappa shape index (κ3) is 3.35. The molecular formula is C17H26O. The Kier molecular flexibility index (Phi) is 4.11. The molecule has 1 aliphatic carbocycles. The molecule has 0 aromatic heterocycles. The van der Waals surface area contributed by atoms with Gasteiger partial charge in [0.15, 0.2) is 0 Å². The number of hydrogen-bond donors (Lipinski definition) is 1. The molecule has 0 bridgehead atoms. The summed E-state index contributed by atoms with van der Waals surface area (Å²) >= 11 is 0. The maximum atomic E-state index is 10.7. The number of rotatable bonds is 3. The predicted molar refractivity (Wildman–Crippen MR) is 76.6 cm³/mol. The van der Waals surface area contributed by atoms with Gasteiger partial charge < -0.3 is 5.11 Å². The van der Waals surface area contributed by atoms with Crippen molar-refractivity contribution in [2.45, 2.75) is 58.5 Å². The van der Waals surface area contributed by atoms with Crippen molar-refractivity contribution in [3.63, 3.8) is 0 Å². The molecule has 0 saturated heterocycles. The van der Waals surface area contributed by atoms with Crippen LogP contribution in [0, 0.1) is 18.8 Å². The van der Waals surface area contributed by atoms with Crippen molar-refractivity contribution in [3.05, 3.63) is 35.4 Å². The van der Waals surface area contributed by atoms with Gasteiger partial charge in [-0.25, -0.2) is 0 Å². The lowest BCUT2D eigenvalue weighted by molar-refractivity contribution is -0.0146. The quantitative estimate of drug-likeness (QED) is 0.850. The molecular weight excluding hydrogens is 220 g/mol. The highest BCUT2D eigenvalue weighted by Gasteiger charge is 2.33. The largest absolute Gasteiger partial charge is 0.390 e. The van der Waals surface area contributed by atoms with E-state index < -0.39 is 5.60 Å². The van der Waals surface area contributed by atoms with Crippen molar-refractivity contribution in [2.75, 3.05) is 0 Å². The first-order chi connectivity index (χ1) is 8.48. The van der Waals surface area contributed by atoms with Gasteiger partial charge in [-0.1, -0.05) is 43.7 Å². The molecule has 100 valence electrons. The smallest absolute Gasteiger partial charge is 0.0688 e. The molecule has 1 nitrogen and oxygen atoms in total. The van der Waals surface area contributed by atoms with Crippen LogP contribution in [0.4, 0.5) is 0 Å². The number of aryl methyl sites for hydroxylation is 1. The van der Waals surface area contributed by atoms with Crippen LogP contribution in [-0.2, 0) is 6.42 Å². The fraction of sp³-hybridized carbons (Fsp3) is 0.647. The van der Waals surface area contributed by atoms with Crippen molar-refractivity contribution in [2.24, 2.45) is 11.8 Å². The zero-order chi connectivity index (χ0) is 13.2. The van der Waals surface area contributed by atoms with Gasteiger partial charge in [-0.05, 0) is 50.0 Å². The Morgan fingerprint density at radius 1 is 1.17 bits per heavy atom. The van der Waals surface area contributed by atoms with Gasteiger partial charge in [-0.15, -0.1) is 0 Å². The topological polar surface area (TPSA) is 20.2 Å². The first kappa shape index (κ1) is 13.6. The summed E-state index contributed by atoms with van der Waals surface area (Å²) in [5.41, 5.74) is 2.10. The van der Waals surface area contributed by atoms with E-state index in [9.17, 15) is 5.11 Å². The van der Waals surface area contributed by atoms with Crippen LogP contribution in [0.25, 0.3) is 0 Å². The Balaban J connectivity index is 1.95. The monoisotopic (exact) mass is 246 g/mol. The molecule has 1 saturated carbocycles. The van der Waals surface area contributed by atoms with E-state index in [1.54, 1.807) is 0 Å². The number of hydrogen-bond acceptors (Lipinski definition) is 1. The molecule has 1 N–H and O–H groups in total. The lowest BCUT2D eigenvalue weighted by atomic mass is 9.72. The van der Waals surface area contributed by atoms with Crippen molar-refractivity contribution >= 4 is 0 Å². The van der Waals surface area contributed by atoms with Crippen LogP contribution in [0.5, 0.6) is 0 Å². The number of aliphatic hydroxyl groups is 1. The summed E-state index contributed by atoms with van der Waals surface area (Å²) in [5.74, 6) is 1.57. The summed E-state index contributed by atoms with van der Waals surface area (Å²) in [6.45, 7) is 6.70. The maximum Gasteiger partial charge on any atom is 0.0688 e. The molecule has 0 amide bonds. The predicted octanol–water partition coefficient (Wildman–Crippen LogP) is 4.11. The summed E-state index contributed by atoms with van der Waals surface area (Å²) in [4.78, 5) is 0. The molecule has 0 aliphatic heterocycles. The molecule has 0 radical (unpaired) electrons. The van der Waals surface area contributed by atoms with Crippen LogP contribution >= 0.6 is 0 Å². The van der Waals surface area contributed by atoms with Crippen LogP contribution in [-0.4, -0.2) is 10.7 Å². The van der Waals surface area contributed by atoms with Gasteiger partial charge in [0.2, 0.25) is 0 Å². The molecule has 0 unspecified atom stereocenters. The molecule has 0 spiro atoms. The minimum Gasteiger partial charge on any atom is -0.390 e. The van der Waals surface area contributed by atoms with Gasteiger partial charge in [-0.2, -0.15) is 0 Å². The maximum absolute atomic E-state index is 10.7. The van der Waals surface area contributed by atoms with Crippen LogP contribution in [0.15, 0.2) is 24.3 Å². The Hall–Kier alpha value is -0.820. The third-order valence-corrected chi connectivity index (χ3v) is 4.56. The molecule has 18 heavy (non-hydrogen) atoms. The summed E-state index contributed by atoms with van der Waals surface area (Å²) in [7, 11) is 0. The fourth-order valence-electron chi connectivity index (χ4n) is 3.11. The second-order valence-electron chi connectivity index (χ2n) is 6.47. The molecule has 1 aliphatic rings. The summed E-state index contributed by atoms with van der Waals surface area (Å²) < 4.78 is 0. The van der Waals surface area contributed by atoms with Gasteiger partial charge in [-0.3, -0.25) is 0 Å². The third-order valence-electron chi connectivity index (χ3n) is 4.56. The molecule has 1 fully saturated rings. The molecule has 1 aromatic carbocycles. The van der Waals surface area contributed by atoms with Gasteiger partial charge in [0, 0.05) is 6.42 Å². The van der Waals surface area contributed by atoms with Crippen molar-refractivity contribution in [3.8, 4) is 0 Å². The molecule has 1 heteroatoms. The van der Waals surface area contributed by atoms with Crippen LogP contribution in [0.1, 0.15) is 50.7 Å². The summed E-state index contributed by atoms with van der Waals surface area (Å²) in [6, 6.07) is 8.58. The second-order valence-corrected chi connectivity index (χ2v) is 6.47. The van der Waals surface area contributed by atoms with Crippen LogP contribution in [0.2, 0.25) is 0 Å². The van der Waals surface area contributed by atoms with E-state index in [1.807, 2.05) is 0 Å². The van der Waals surface area contributed by atoms with Crippen molar-refractivity contribution < 1.29 is 5.11 Å². The van der Waals surface area contributed by atoms with E-state index >= 15 is 0 Å². The van der Waals surface area contributed by atoms with E-state index in [-0.39, 0.29) is 0 Å². The molecule has 0 atom stereocenters. The van der Waals surface area contributed by atoms with Crippen molar-refractivity contribution in [1.29, 1.82) is 0 Å². The lowest BCUT2D eigenvalue weighted by Gasteiger charge is -2.37. The average Bonchev–Trinajstić information content (AvgIpc) is 2.32. The molecule has 1 aromatic rings. The average molecular weight is 246 g/mol. The van der Waals surface area contributed by atoms with E-state index in [4.69, 9.17) is 0 Å². The SMILES string of the molecule is Cc1ccc(CC2(O)CCC(C(C)C)CC2)cc1. The molecule has 2 rings (SSSR count). The Labute approximate surface area is 111 Å². The Morgan fingerprint density at radius 3 is 2.22 bits per heavy atom. The highest BCUT2D eigenvalue weighted by atomic mass is 16.3. The zero-order valence-electron chi connectivity index (χ0n) is 11.9. The van der Waals surface area contributed by atoms with Crippen molar-refractivity contribution in [1.82, 2.24) is 0 Å². The Bertz CT molecular complexity index is 369. The highest BCUT2D eigenvalue weighted by Crippen LogP contribution is 2.37. The van der Waals surface area contributed by atoms with Gasteiger partial charge in [0.25, 0.3) is 0 Å². The lowest BCUT2D eigenvalue weighted by Crippen LogP contribution is -2.37. The first-order valence-corrected chi connectivity index (χ1v) is 7.26. The van der Waals surface area contributed by atoms with E-state index in [0.29, 0.717) is 0 Å². The summed E-state index contributed by atoms with van der Waals surface area (Å²) in [5, 5.41) is 10.7. The highest BCUT2D eigenvalue weighted by molar-refractivity contribution is 5.22. The van der Waals surface area contributed by atoms with E-state index in [2.05, 4.69) is 45.0 Å². The second kappa shape index (κ2) is 5.44. The van der Waals surface area contributed by atoms with E-state index in [0.717, 1.165) is 31.1 Å². The Morgan fingerprint density at radius 2 is 1.72 bits per heavy atom. The van der Waals surface area contributed by atoms with Crippen LogP contribution in [0.3, 0.4) is 0 Å². The van der Waals surface area contributed by atoms with Gasteiger partial charge in [0.1, 0.15) is 0 Å². The minimum absolute atomic E-state index is 0.458. The van der Waals surface area contributed by atoms with Gasteiger partial charge >= 0.3 is 0 Å². The standard InChI is InChI=1S/C17H26O/c1-13(2)16-8-10-17(18,11-9-16)12-15-6-4-14(3)5-7-15/h4-7,13,16,18H,8-12H2,1-3H3. The summed E-state index contributed by atoms with van der Waals surface area (Å²) in [6.07, 6.45) is 5.10. The zero-order valence-corrected chi connectivity index (χ0v) is 11.9. The number of benzene rings is 1. The first-order valence-electron chi connectivity index (χ1n) is 7.26. The van der Waals surface area contributed by atoms with Crippen LogP contribution < -0.4 is 0 Å². The fourth-order valence-corrected chi connectivity index (χ4v) is 3.11.